The third-order valence-corrected chi connectivity index (χ3v) is 5.40. The average Bonchev–Trinajstić information content (AvgIpc) is 2.47. The van der Waals surface area contributed by atoms with Crippen molar-refractivity contribution < 1.29 is 18.4 Å². The van der Waals surface area contributed by atoms with Crippen LogP contribution in [-0.4, -0.2) is 31.1 Å². The van der Waals surface area contributed by atoms with Crippen LogP contribution in [0.15, 0.2) is 23.1 Å². The number of nitrogens with one attached hydrogen (secondary N) is 1. The second-order valence-corrected chi connectivity index (χ2v) is 7.78. The predicted octanol–water partition coefficient (Wildman–Crippen LogP) is 1.60. The Labute approximate surface area is 134 Å². The summed E-state index contributed by atoms with van der Waals surface area (Å²) in [4.78, 5) is 9.81. The Morgan fingerprint density at radius 2 is 2.17 bits per heavy atom. The van der Waals surface area contributed by atoms with Crippen LogP contribution in [0, 0.1) is 15.5 Å². The van der Waals surface area contributed by atoms with Gasteiger partial charge in [-0.15, -0.1) is 0 Å². The van der Waals surface area contributed by atoms with Crippen molar-refractivity contribution in [3.8, 4) is 0 Å². The van der Waals surface area contributed by atoms with Crippen molar-refractivity contribution in [1.82, 2.24) is 0 Å². The van der Waals surface area contributed by atoms with Crippen molar-refractivity contribution in [3.63, 3.8) is 0 Å². The molecule has 0 aliphatic heterocycles. The van der Waals surface area contributed by atoms with Gasteiger partial charge in [0.1, 0.15) is 4.90 Å². The minimum Gasteiger partial charge on any atom is -0.392 e. The van der Waals surface area contributed by atoms with Gasteiger partial charge in [-0.2, -0.15) is 0 Å². The van der Waals surface area contributed by atoms with Gasteiger partial charge in [-0.05, 0) is 18.9 Å². The van der Waals surface area contributed by atoms with Crippen LogP contribution in [0.25, 0.3) is 0 Å². The average molecular weight is 343 g/mol. The van der Waals surface area contributed by atoms with Gasteiger partial charge in [0.25, 0.3) is 5.69 Å². The molecule has 1 aliphatic rings. The van der Waals surface area contributed by atoms with Gasteiger partial charge in [0.05, 0.1) is 16.7 Å². The van der Waals surface area contributed by atoms with Crippen LogP contribution in [0.5, 0.6) is 0 Å². The lowest BCUT2D eigenvalue weighted by molar-refractivity contribution is -0.385. The molecule has 2 unspecified atom stereocenters. The van der Waals surface area contributed by atoms with Crippen molar-refractivity contribution in [3.05, 3.63) is 28.3 Å². The van der Waals surface area contributed by atoms with Crippen LogP contribution in [0.4, 0.5) is 11.4 Å². The SMILES string of the molecule is CC1(CNc2ccc([N+](=O)[O-])cc2S(N)(=O)=O)CCCCC1O. The molecule has 0 amide bonds. The number of aliphatic hydroxyl groups is 1. The highest BCUT2D eigenvalue weighted by atomic mass is 32.2. The maximum atomic E-state index is 11.7. The molecule has 23 heavy (non-hydrogen) atoms. The second-order valence-electron chi connectivity index (χ2n) is 6.25. The summed E-state index contributed by atoms with van der Waals surface area (Å²) in [5.41, 5.74) is -0.518. The highest BCUT2D eigenvalue weighted by molar-refractivity contribution is 7.89. The number of nitro benzene ring substituents is 1. The zero-order chi connectivity index (χ0) is 17.3. The lowest BCUT2D eigenvalue weighted by Crippen LogP contribution is -2.41. The van der Waals surface area contributed by atoms with Crippen LogP contribution in [-0.2, 0) is 10.0 Å². The van der Waals surface area contributed by atoms with Crippen molar-refractivity contribution >= 4 is 21.4 Å². The molecule has 8 nitrogen and oxygen atoms in total. The zero-order valence-electron chi connectivity index (χ0n) is 12.9. The lowest BCUT2D eigenvalue weighted by atomic mass is 9.73. The van der Waals surface area contributed by atoms with Crippen LogP contribution in [0.2, 0.25) is 0 Å². The molecular formula is C14H21N3O5S. The first-order chi connectivity index (χ1) is 10.6. The van der Waals surface area contributed by atoms with E-state index in [-0.39, 0.29) is 21.7 Å². The fourth-order valence-corrected chi connectivity index (χ4v) is 3.62. The summed E-state index contributed by atoms with van der Waals surface area (Å²) in [6, 6.07) is 3.49. The van der Waals surface area contributed by atoms with Crippen LogP contribution < -0.4 is 10.5 Å². The molecule has 0 aromatic heterocycles. The van der Waals surface area contributed by atoms with E-state index in [9.17, 15) is 23.6 Å². The van der Waals surface area contributed by atoms with Crippen LogP contribution >= 0.6 is 0 Å². The maximum absolute atomic E-state index is 11.7. The summed E-state index contributed by atoms with van der Waals surface area (Å²) in [6.45, 7) is 2.29. The summed E-state index contributed by atoms with van der Waals surface area (Å²) in [5.74, 6) is 0. The molecule has 4 N–H and O–H groups in total. The number of nitro groups is 1. The fourth-order valence-electron chi connectivity index (χ4n) is 2.89. The van der Waals surface area contributed by atoms with E-state index in [0.717, 1.165) is 25.3 Å². The molecule has 0 bridgehead atoms. The maximum Gasteiger partial charge on any atom is 0.270 e. The number of hydrogen-bond acceptors (Lipinski definition) is 6. The minimum absolute atomic E-state index is 0.206. The summed E-state index contributed by atoms with van der Waals surface area (Å²) >= 11 is 0. The number of anilines is 1. The molecule has 2 rings (SSSR count). The Morgan fingerprint density at radius 3 is 2.74 bits per heavy atom. The predicted molar refractivity (Wildman–Crippen MR) is 85.5 cm³/mol. The Morgan fingerprint density at radius 1 is 1.48 bits per heavy atom. The minimum atomic E-state index is -4.11. The van der Waals surface area contributed by atoms with E-state index in [1.807, 2.05) is 6.92 Å². The van der Waals surface area contributed by atoms with Gasteiger partial charge < -0.3 is 10.4 Å². The van der Waals surface area contributed by atoms with Gasteiger partial charge >= 0.3 is 0 Å². The molecule has 1 aromatic rings. The normalized spacial score (nSPS) is 25.1. The topological polar surface area (TPSA) is 136 Å². The first-order valence-electron chi connectivity index (χ1n) is 7.37. The quantitative estimate of drug-likeness (QED) is 0.549. The van der Waals surface area contributed by atoms with E-state index in [1.165, 1.54) is 12.1 Å². The summed E-state index contributed by atoms with van der Waals surface area (Å²) in [6.07, 6.45) is 3.02. The largest absolute Gasteiger partial charge is 0.392 e. The standard InChI is InChI=1S/C14H21N3O5S/c1-14(7-3-2-4-13(14)18)9-16-11-6-5-10(17(19)20)8-12(11)23(15,21)22/h5-6,8,13,16,18H,2-4,7,9H2,1H3,(H2,15,21,22). The van der Waals surface area contributed by atoms with E-state index >= 15 is 0 Å². The fraction of sp³-hybridized carbons (Fsp3) is 0.571. The van der Waals surface area contributed by atoms with Gasteiger partial charge in [-0.1, -0.05) is 19.8 Å². The van der Waals surface area contributed by atoms with Crippen molar-refractivity contribution in [2.45, 2.75) is 43.6 Å². The third-order valence-electron chi connectivity index (χ3n) is 4.45. The second kappa shape index (κ2) is 6.42. The van der Waals surface area contributed by atoms with Crippen LogP contribution in [0.3, 0.4) is 0 Å². The first kappa shape index (κ1) is 17.6. The number of nitrogens with two attached hydrogens (primary N) is 1. The summed E-state index contributed by atoms with van der Waals surface area (Å²) < 4.78 is 23.4. The highest BCUT2D eigenvalue weighted by Crippen LogP contribution is 2.37. The first-order valence-corrected chi connectivity index (χ1v) is 8.91. The van der Waals surface area contributed by atoms with Gasteiger partial charge in [0.15, 0.2) is 0 Å². The molecule has 9 heteroatoms. The van der Waals surface area contributed by atoms with E-state index in [4.69, 9.17) is 5.14 Å². The van der Waals surface area contributed by atoms with Crippen molar-refractivity contribution in [2.75, 3.05) is 11.9 Å². The van der Waals surface area contributed by atoms with E-state index < -0.39 is 21.1 Å². The Kier molecular flexibility index (Phi) is 4.92. The molecule has 1 saturated carbocycles. The van der Waals surface area contributed by atoms with Gasteiger partial charge in [0.2, 0.25) is 10.0 Å². The van der Waals surface area contributed by atoms with E-state index in [0.29, 0.717) is 13.0 Å². The Balaban J connectivity index is 2.27. The Hall–Kier alpha value is -1.71. The van der Waals surface area contributed by atoms with Gasteiger partial charge in [-0.25, -0.2) is 13.6 Å². The molecule has 128 valence electrons. The molecule has 0 radical (unpaired) electrons. The Bertz CT molecular complexity index is 706. The van der Waals surface area contributed by atoms with E-state index in [1.54, 1.807) is 0 Å². The van der Waals surface area contributed by atoms with Gasteiger partial charge in [-0.3, -0.25) is 10.1 Å². The molecule has 0 heterocycles. The number of rotatable bonds is 5. The number of sulfonamides is 1. The smallest absolute Gasteiger partial charge is 0.270 e. The number of nitrogens with zero attached hydrogens (tertiary/aromatic N) is 1. The number of hydrogen-bond donors (Lipinski definition) is 3. The zero-order valence-corrected chi connectivity index (χ0v) is 13.7. The molecule has 0 spiro atoms. The molecule has 1 aromatic carbocycles. The number of benzene rings is 1. The number of non-ortho nitro benzene ring substituents is 1. The summed E-state index contributed by atoms with van der Waals surface area (Å²) in [5, 5.41) is 29.1. The molecule has 2 atom stereocenters. The molecular weight excluding hydrogens is 322 g/mol. The summed E-state index contributed by atoms with van der Waals surface area (Å²) in [7, 11) is -4.11. The van der Waals surface area contributed by atoms with Crippen LogP contribution in [0.1, 0.15) is 32.6 Å². The molecule has 1 aliphatic carbocycles. The van der Waals surface area contributed by atoms with Crippen molar-refractivity contribution in [2.24, 2.45) is 10.6 Å². The number of primary sulfonamides is 1. The monoisotopic (exact) mass is 343 g/mol. The number of aliphatic hydroxyl groups excluding tert-OH is 1. The molecule has 1 fully saturated rings. The lowest BCUT2D eigenvalue weighted by Gasteiger charge is -2.38. The van der Waals surface area contributed by atoms with Gasteiger partial charge in [0, 0.05) is 24.1 Å². The van der Waals surface area contributed by atoms with E-state index in [2.05, 4.69) is 5.32 Å². The third kappa shape index (κ3) is 3.98. The highest BCUT2D eigenvalue weighted by Gasteiger charge is 2.35. The molecule has 0 saturated heterocycles. The van der Waals surface area contributed by atoms with Crippen molar-refractivity contribution in [1.29, 1.82) is 0 Å².